The quantitative estimate of drug-likeness (QED) is 0.856. The van der Waals surface area contributed by atoms with Gasteiger partial charge in [-0.15, -0.1) is 11.3 Å². The van der Waals surface area contributed by atoms with E-state index in [2.05, 4.69) is 9.88 Å². The number of aromatic nitrogens is 1. The van der Waals surface area contributed by atoms with Crippen molar-refractivity contribution in [3.05, 3.63) is 40.7 Å². The molecule has 2 fully saturated rings. The van der Waals surface area contributed by atoms with Crippen LogP contribution in [0.2, 0.25) is 0 Å². The predicted octanol–water partition coefficient (Wildman–Crippen LogP) is 3.04. The largest absolute Gasteiger partial charge is 0.485 e. The van der Waals surface area contributed by atoms with Gasteiger partial charge in [-0.25, -0.2) is 4.98 Å². The standard InChI is InChI=1S/C18H21N3O2S/c22-18(16-6-4-12-24-16)21-11-7-14(13-21)23-15-5-3-8-19-17(15)20-9-1-2-10-20/h3-6,8,12,14H,1-2,7,9-11,13H2. The van der Waals surface area contributed by atoms with Crippen LogP contribution in [0.5, 0.6) is 5.75 Å². The fourth-order valence-corrected chi connectivity index (χ4v) is 4.08. The zero-order chi connectivity index (χ0) is 16.4. The van der Waals surface area contributed by atoms with E-state index in [4.69, 9.17) is 4.74 Å². The van der Waals surface area contributed by atoms with Crippen LogP contribution in [0, 0.1) is 0 Å². The number of carbonyl (C=O) groups excluding carboxylic acids is 1. The first-order valence-corrected chi connectivity index (χ1v) is 9.38. The lowest BCUT2D eigenvalue weighted by Gasteiger charge is -2.22. The van der Waals surface area contributed by atoms with Crippen LogP contribution in [-0.4, -0.2) is 48.1 Å². The van der Waals surface area contributed by atoms with Gasteiger partial charge in [0.05, 0.1) is 11.4 Å². The summed E-state index contributed by atoms with van der Waals surface area (Å²) in [6.45, 7) is 3.48. The molecular weight excluding hydrogens is 322 g/mol. The minimum absolute atomic E-state index is 0.0412. The van der Waals surface area contributed by atoms with Crippen LogP contribution in [0.25, 0.3) is 0 Å². The van der Waals surface area contributed by atoms with E-state index in [1.165, 1.54) is 24.2 Å². The number of ether oxygens (including phenoxy) is 1. The van der Waals surface area contributed by atoms with Crippen molar-refractivity contribution < 1.29 is 9.53 Å². The van der Waals surface area contributed by atoms with E-state index in [1.54, 1.807) is 0 Å². The first-order chi connectivity index (χ1) is 11.8. The molecule has 2 saturated heterocycles. The molecule has 4 heterocycles. The number of anilines is 1. The summed E-state index contributed by atoms with van der Waals surface area (Å²) in [7, 11) is 0. The fraction of sp³-hybridized carbons (Fsp3) is 0.444. The number of thiophene rings is 1. The zero-order valence-corrected chi connectivity index (χ0v) is 14.4. The molecular formula is C18H21N3O2S. The lowest BCUT2D eigenvalue weighted by molar-refractivity contribution is 0.0777. The molecule has 126 valence electrons. The van der Waals surface area contributed by atoms with Crippen LogP contribution < -0.4 is 9.64 Å². The number of pyridine rings is 1. The maximum atomic E-state index is 12.4. The summed E-state index contributed by atoms with van der Waals surface area (Å²) >= 11 is 1.49. The van der Waals surface area contributed by atoms with Gasteiger partial charge in [0.25, 0.3) is 5.91 Å². The number of likely N-dealkylation sites (tertiary alicyclic amines) is 1. The highest BCUT2D eigenvalue weighted by molar-refractivity contribution is 7.12. The van der Waals surface area contributed by atoms with E-state index in [9.17, 15) is 4.79 Å². The van der Waals surface area contributed by atoms with E-state index >= 15 is 0 Å². The number of hydrogen-bond acceptors (Lipinski definition) is 5. The summed E-state index contributed by atoms with van der Waals surface area (Å²) in [4.78, 5) is 21.9. The van der Waals surface area contributed by atoms with Crippen molar-refractivity contribution in [2.45, 2.75) is 25.4 Å². The van der Waals surface area contributed by atoms with E-state index in [1.807, 2.05) is 40.7 Å². The van der Waals surface area contributed by atoms with Crippen LogP contribution in [0.15, 0.2) is 35.8 Å². The maximum absolute atomic E-state index is 12.4. The van der Waals surface area contributed by atoms with Crippen molar-refractivity contribution in [2.75, 3.05) is 31.1 Å². The molecule has 2 aliphatic rings. The Hall–Kier alpha value is -2.08. The zero-order valence-electron chi connectivity index (χ0n) is 13.6. The predicted molar refractivity (Wildman–Crippen MR) is 94.9 cm³/mol. The van der Waals surface area contributed by atoms with Crippen molar-refractivity contribution in [3.63, 3.8) is 0 Å². The molecule has 24 heavy (non-hydrogen) atoms. The number of hydrogen-bond donors (Lipinski definition) is 0. The fourth-order valence-electron chi connectivity index (χ4n) is 3.39. The average molecular weight is 343 g/mol. The van der Waals surface area contributed by atoms with Crippen LogP contribution in [-0.2, 0) is 0 Å². The summed E-state index contributed by atoms with van der Waals surface area (Å²) in [6, 6.07) is 7.70. The molecule has 0 bridgehead atoms. The van der Waals surface area contributed by atoms with Crippen LogP contribution in [0.1, 0.15) is 28.9 Å². The molecule has 0 N–H and O–H groups in total. The van der Waals surface area contributed by atoms with Gasteiger partial charge in [0.15, 0.2) is 11.6 Å². The monoisotopic (exact) mass is 343 g/mol. The molecule has 0 aromatic carbocycles. The molecule has 2 aromatic rings. The Morgan fingerprint density at radius 1 is 1.21 bits per heavy atom. The molecule has 6 heteroatoms. The Morgan fingerprint density at radius 3 is 2.88 bits per heavy atom. The van der Waals surface area contributed by atoms with Gasteiger partial charge in [0, 0.05) is 32.3 Å². The van der Waals surface area contributed by atoms with Crippen LogP contribution in [0.4, 0.5) is 5.82 Å². The molecule has 1 amide bonds. The third-order valence-electron chi connectivity index (χ3n) is 4.61. The van der Waals surface area contributed by atoms with Crippen molar-refractivity contribution >= 4 is 23.1 Å². The van der Waals surface area contributed by atoms with Gasteiger partial charge in [-0.1, -0.05) is 6.07 Å². The molecule has 0 spiro atoms. The highest BCUT2D eigenvalue weighted by Gasteiger charge is 2.30. The van der Waals surface area contributed by atoms with Crippen LogP contribution in [0.3, 0.4) is 0 Å². The van der Waals surface area contributed by atoms with E-state index in [-0.39, 0.29) is 12.0 Å². The average Bonchev–Trinajstić information content (AvgIpc) is 3.36. The Labute approximate surface area is 145 Å². The van der Waals surface area contributed by atoms with Crippen molar-refractivity contribution in [2.24, 2.45) is 0 Å². The van der Waals surface area contributed by atoms with Crippen molar-refractivity contribution in [1.82, 2.24) is 9.88 Å². The van der Waals surface area contributed by atoms with Crippen molar-refractivity contribution in [1.29, 1.82) is 0 Å². The molecule has 2 aliphatic heterocycles. The minimum Gasteiger partial charge on any atom is -0.485 e. The molecule has 2 aromatic heterocycles. The molecule has 4 rings (SSSR count). The molecule has 0 radical (unpaired) electrons. The normalized spacial score (nSPS) is 20.6. The Morgan fingerprint density at radius 2 is 2.08 bits per heavy atom. The van der Waals surface area contributed by atoms with Gasteiger partial charge in [-0.05, 0) is 36.4 Å². The topological polar surface area (TPSA) is 45.7 Å². The lowest BCUT2D eigenvalue weighted by atomic mass is 10.3. The second-order valence-corrected chi connectivity index (χ2v) is 7.22. The summed E-state index contributed by atoms with van der Waals surface area (Å²) in [5, 5.41) is 1.94. The van der Waals surface area contributed by atoms with E-state index < -0.39 is 0 Å². The third-order valence-corrected chi connectivity index (χ3v) is 5.47. The van der Waals surface area contributed by atoms with Gasteiger partial charge < -0.3 is 14.5 Å². The summed E-state index contributed by atoms with van der Waals surface area (Å²) in [6.07, 6.45) is 5.15. The molecule has 1 atom stereocenters. The highest BCUT2D eigenvalue weighted by atomic mass is 32.1. The molecule has 0 saturated carbocycles. The van der Waals surface area contributed by atoms with Crippen LogP contribution >= 0.6 is 11.3 Å². The van der Waals surface area contributed by atoms with E-state index in [0.717, 1.165) is 42.5 Å². The van der Waals surface area contributed by atoms with E-state index in [0.29, 0.717) is 6.54 Å². The molecule has 0 aliphatic carbocycles. The van der Waals surface area contributed by atoms with Gasteiger partial charge in [-0.2, -0.15) is 0 Å². The molecule has 5 nitrogen and oxygen atoms in total. The van der Waals surface area contributed by atoms with Crippen molar-refractivity contribution in [3.8, 4) is 5.75 Å². The maximum Gasteiger partial charge on any atom is 0.264 e. The Kier molecular flexibility index (Phi) is 4.38. The van der Waals surface area contributed by atoms with Gasteiger partial charge in [0.2, 0.25) is 0 Å². The second-order valence-electron chi connectivity index (χ2n) is 6.28. The third kappa shape index (κ3) is 3.11. The number of carbonyl (C=O) groups is 1. The SMILES string of the molecule is O=C(c1cccs1)N1CCC(Oc2cccnc2N2CCCC2)C1. The van der Waals surface area contributed by atoms with Gasteiger partial charge >= 0.3 is 0 Å². The molecule has 1 unspecified atom stereocenters. The Balaban J connectivity index is 1.43. The highest BCUT2D eigenvalue weighted by Crippen LogP contribution is 2.30. The van der Waals surface area contributed by atoms with Gasteiger partial charge in [0.1, 0.15) is 6.10 Å². The summed E-state index contributed by atoms with van der Waals surface area (Å²) < 4.78 is 6.22. The number of amides is 1. The minimum atomic E-state index is 0.0412. The number of nitrogens with zero attached hydrogens (tertiary/aromatic N) is 3. The van der Waals surface area contributed by atoms with Gasteiger partial charge in [-0.3, -0.25) is 4.79 Å². The summed E-state index contributed by atoms with van der Waals surface area (Å²) in [5.41, 5.74) is 0. The lowest BCUT2D eigenvalue weighted by Crippen LogP contribution is -2.30. The Bertz CT molecular complexity index is 698. The summed E-state index contributed by atoms with van der Waals surface area (Å²) in [5.74, 6) is 1.90. The second kappa shape index (κ2) is 6.81. The first-order valence-electron chi connectivity index (χ1n) is 8.50. The first kappa shape index (κ1) is 15.4. The number of rotatable bonds is 4. The smallest absolute Gasteiger partial charge is 0.264 e.